The molecule has 8 heteroatoms. The largest absolute Gasteiger partial charge is 0.468 e. The van der Waals surface area contributed by atoms with Crippen molar-refractivity contribution in [2.24, 2.45) is 0 Å². The van der Waals surface area contributed by atoms with Gasteiger partial charge in [-0.1, -0.05) is 46.3 Å². The highest BCUT2D eigenvalue weighted by molar-refractivity contribution is 9.10. The highest BCUT2D eigenvalue weighted by Crippen LogP contribution is 2.22. The summed E-state index contributed by atoms with van der Waals surface area (Å²) in [5.41, 5.74) is 1.12. The summed E-state index contributed by atoms with van der Waals surface area (Å²) < 4.78 is 34.2. The molecule has 0 bridgehead atoms. The van der Waals surface area contributed by atoms with Gasteiger partial charge in [-0.25, -0.2) is 8.42 Å². The van der Waals surface area contributed by atoms with Gasteiger partial charge in [0, 0.05) is 11.0 Å². The van der Waals surface area contributed by atoms with Crippen molar-refractivity contribution >= 4 is 31.9 Å². The summed E-state index contributed by atoms with van der Waals surface area (Å²) in [6, 6.07) is 18.6. The minimum Gasteiger partial charge on any atom is -0.468 e. The number of carbonyl (C=O) groups is 1. The van der Waals surface area contributed by atoms with Crippen LogP contribution in [0.5, 0.6) is 0 Å². The van der Waals surface area contributed by atoms with Crippen molar-refractivity contribution in [3.05, 3.63) is 88.8 Å². The normalized spacial score (nSPS) is 12.4. The maximum absolute atomic E-state index is 12.7. The van der Waals surface area contributed by atoms with E-state index in [1.165, 1.54) is 18.4 Å². The van der Waals surface area contributed by atoms with Gasteiger partial charge in [0.2, 0.25) is 15.9 Å². The van der Waals surface area contributed by atoms with Crippen LogP contribution in [0.1, 0.15) is 23.8 Å². The van der Waals surface area contributed by atoms with Gasteiger partial charge in [-0.2, -0.15) is 4.72 Å². The van der Waals surface area contributed by atoms with E-state index in [0.29, 0.717) is 18.7 Å². The smallest absolute Gasteiger partial charge is 0.241 e. The highest BCUT2D eigenvalue weighted by Gasteiger charge is 2.25. The topological polar surface area (TPSA) is 88.4 Å². The van der Waals surface area contributed by atoms with Crippen LogP contribution < -0.4 is 10.0 Å². The summed E-state index contributed by atoms with van der Waals surface area (Å²) in [5, 5.41) is 2.83. The molecular weight excluding hydrogens is 456 g/mol. The van der Waals surface area contributed by atoms with Crippen LogP contribution in [0, 0.1) is 0 Å². The average molecular weight is 477 g/mol. The summed E-state index contributed by atoms with van der Waals surface area (Å²) in [6.07, 6.45) is 2.07. The van der Waals surface area contributed by atoms with E-state index >= 15 is 0 Å². The van der Waals surface area contributed by atoms with Crippen LogP contribution >= 0.6 is 15.9 Å². The summed E-state index contributed by atoms with van der Waals surface area (Å²) >= 11 is 3.28. The molecule has 0 radical (unpaired) electrons. The number of halogens is 1. The zero-order chi connectivity index (χ0) is 20.7. The molecule has 0 fully saturated rings. The molecule has 1 aromatic heterocycles. The summed E-state index contributed by atoms with van der Waals surface area (Å²) in [4.78, 5) is 12.5. The molecule has 2 aromatic carbocycles. The van der Waals surface area contributed by atoms with E-state index in [4.69, 9.17) is 4.42 Å². The van der Waals surface area contributed by atoms with Crippen LogP contribution in [0.2, 0.25) is 0 Å². The van der Waals surface area contributed by atoms with Gasteiger partial charge in [-0.3, -0.25) is 4.79 Å². The zero-order valence-electron chi connectivity index (χ0n) is 15.5. The lowest BCUT2D eigenvalue weighted by Gasteiger charge is -2.17. The first-order valence-corrected chi connectivity index (χ1v) is 11.3. The number of benzene rings is 2. The van der Waals surface area contributed by atoms with Crippen LogP contribution in [-0.2, 0) is 21.2 Å². The van der Waals surface area contributed by atoms with Crippen molar-refractivity contribution in [3.63, 3.8) is 0 Å². The second kappa shape index (κ2) is 9.87. The molecular formula is C21H21BrN2O4S. The fraction of sp³-hybridized carbons (Fsp3) is 0.190. The summed E-state index contributed by atoms with van der Waals surface area (Å²) in [5.74, 6) is 0.115. The molecule has 0 aliphatic heterocycles. The van der Waals surface area contributed by atoms with Crippen LogP contribution in [-0.4, -0.2) is 20.9 Å². The molecule has 1 amide bonds. The van der Waals surface area contributed by atoms with Crippen LogP contribution in [0.4, 0.5) is 0 Å². The van der Waals surface area contributed by atoms with Gasteiger partial charge in [0.25, 0.3) is 0 Å². The van der Waals surface area contributed by atoms with Crippen LogP contribution in [0.15, 0.2) is 86.8 Å². The second-order valence-electron chi connectivity index (χ2n) is 6.43. The van der Waals surface area contributed by atoms with Crippen molar-refractivity contribution in [2.75, 3.05) is 6.54 Å². The number of amides is 1. The molecule has 0 spiro atoms. The zero-order valence-corrected chi connectivity index (χ0v) is 17.9. The monoisotopic (exact) mass is 476 g/mol. The van der Waals surface area contributed by atoms with E-state index in [1.807, 2.05) is 30.3 Å². The standard InChI is InChI=1S/C21H21BrN2O4S/c22-17-8-10-18(11-9-17)29(26,27)24-19(20-7-4-14-28-20)15-21(25)23-13-12-16-5-2-1-3-6-16/h1-11,14,19,24H,12-13,15H2,(H,23,25). The number of hydrogen-bond donors (Lipinski definition) is 2. The Morgan fingerprint density at radius 2 is 1.72 bits per heavy atom. The fourth-order valence-corrected chi connectivity index (χ4v) is 4.28. The predicted octanol–water partition coefficient (Wildman–Crippen LogP) is 3.81. The average Bonchev–Trinajstić information content (AvgIpc) is 3.23. The Labute approximate surface area is 178 Å². The molecule has 3 rings (SSSR count). The van der Waals surface area contributed by atoms with Crippen molar-refractivity contribution in [1.29, 1.82) is 0 Å². The maximum Gasteiger partial charge on any atom is 0.241 e. The van der Waals surface area contributed by atoms with Crippen LogP contribution in [0.3, 0.4) is 0 Å². The Morgan fingerprint density at radius 3 is 2.38 bits per heavy atom. The Balaban J connectivity index is 1.64. The Kier molecular flexibility index (Phi) is 7.24. The van der Waals surface area contributed by atoms with Gasteiger partial charge in [-0.15, -0.1) is 0 Å². The molecule has 2 N–H and O–H groups in total. The summed E-state index contributed by atoms with van der Waals surface area (Å²) in [7, 11) is -3.82. The van der Waals surface area contributed by atoms with Gasteiger partial charge in [0.05, 0.1) is 23.6 Å². The third-order valence-electron chi connectivity index (χ3n) is 4.28. The maximum atomic E-state index is 12.7. The van der Waals surface area contributed by atoms with Crippen molar-refractivity contribution in [3.8, 4) is 0 Å². The van der Waals surface area contributed by atoms with E-state index in [1.54, 1.807) is 24.3 Å². The number of carbonyl (C=O) groups excluding carboxylic acids is 1. The quantitative estimate of drug-likeness (QED) is 0.491. The molecule has 0 saturated heterocycles. The predicted molar refractivity (Wildman–Crippen MR) is 114 cm³/mol. The molecule has 0 aliphatic rings. The molecule has 0 aliphatic carbocycles. The lowest BCUT2D eigenvalue weighted by atomic mass is 10.1. The lowest BCUT2D eigenvalue weighted by Crippen LogP contribution is -2.34. The molecule has 1 heterocycles. The third kappa shape index (κ3) is 6.28. The third-order valence-corrected chi connectivity index (χ3v) is 6.29. The highest BCUT2D eigenvalue weighted by atomic mass is 79.9. The second-order valence-corrected chi connectivity index (χ2v) is 9.06. The van der Waals surface area contributed by atoms with Crippen LogP contribution in [0.25, 0.3) is 0 Å². The Hall–Kier alpha value is -2.42. The number of nitrogens with one attached hydrogen (secondary N) is 2. The molecule has 6 nitrogen and oxygen atoms in total. The molecule has 0 saturated carbocycles. The molecule has 3 aromatic rings. The van der Waals surface area contributed by atoms with Crippen molar-refractivity contribution < 1.29 is 17.6 Å². The van der Waals surface area contributed by atoms with Gasteiger partial charge in [0.1, 0.15) is 5.76 Å². The first-order chi connectivity index (χ1) is 13.9. The first-order valence-electron chi connectivity index (χ1n) is 9.06. The molecule has 29 heavy (non-hydrogen) atoms. The van der Waals surface area contributed by atoms with Gasteiger partial charge >= 0.3 is 0 Å². The van der Waals surface area contributed by atoms with E-state index in [9.17, 15) is 13.2 Å². The van der Waals surface area contributed by atoms with Gasteiger partial charge in [0.15, 0.2) is 0 Å². The molecule has 1 unspecified atom stereocenters. The van der Waals surface area contributed by atoms with Gasteiger partial charge in [-0.05, 0) is 48.4 Å². The first kappa shape index (κ1) is 21.3. The Bertz CT molecular complexity index is 1020. The number of furan rings is 1. The SMILES string of the molecule is O=C(CC(NS(=O)(=O)c1ccc(Br)cc1)c1ccco1)NCCc1ccccc1. The molecule has 1 atom stereocenters. The summed E-state index contributed by atoms with van der Waals surface area (Å²) in [6.45, 7) is 0.465. The number of hydrogen-bond acceptors (Lipinski definition) is 4. The van der Waals surface area contributed by atoms with Gasteiger partial charge < -0.3 is 9.73 Å². The molecule has 152 valence electrons. The minimum absolute atomic E-state index is 0.0714. The van der Waals surface area contributed by atoms with E-state index in [0.717, 1.165) is 10.0 Å². The van der Waals surface area contributed by atoms with E-state index < -0.39 is 16.1 Å². The minimum atomic E-state index is -3.82. The number of sulfonamides is 1. The fourth-order valence-electron chi connectivity index (χ4n) is 2.81. The lowest BCUT2D eigenvalue weighted by molar-refractivity contribution is -0.121. The Morgan fingerprint density at radius 1 is 1.00 bits per heavy atom. The van der Waals surface area contributed by atoms with Crippen molar-refractivity contribution in [1.82, 2.24) is 10.0 Å². The van der Waals surface area contributed by atoms with E-state index in [2.05, 4.69) is 26.0 Å². The van der Waals surface area contributed by atoms with E-state index in [-0.39, 0.29) is 17.2 Å². The van der Waals surface area contributed by atoms with Crippen molar-refractivity contribution in [2.45, 2.75) is 23.8 Å². The number of rotatable bonds is 9.